The number of hydrogen-bond acceptors (Lipinski definition) is 1. The Morgan fingerprint density at radius 1 is 1.31 bits per heavy atom. The van der Waals surface area contributed by atoms with Gasteiger partial charge in [-0.15, -0.1) is 0 Å². The number of hydrogen-bond donors (Lipinski definition) is 0. The topological polar surface area (TPSA) is 31.2 Å². The number of rotatable bonds is 1. The smallest absolute Gasteiger partial charge is 0.648 e. The van der Waals surface area contributed by atoms with Crippen molar-refractivity contribution in [3.63, 3.8) is 0 Å². The summed E-state index contributed by atoms with van der Waals surface area (Å²) < 4.78 is 0. The first-order chi connectivity index (χ1) is 6.39. The fraction of sp³-hybridized carbons (Fsp3) is 0.364. The van der Waals surface area contributed by atoms with Gasteiger partial charge in [0.25, 0.3) is 0 Å². The largest absolute Gasteiger partial charge is 1.00 e. The van der Waals surface area contributed by atoms with E-state index in [9.17, 15) is 4.79 Å². The van der Waals surface area contributed by atoms with Gasteiger partial charge in [0.05, 0.1) is 5.91 Å². The van der Waals surface area contributed by atoms with E-state index in [4.69, 9.17) is 11.6 Å². The zero-order chi connectivity index (χ0) is 10.8. The van der Waals surface area contributed by atoms with Crippen molar-refractivity contribution in [1.82, 2.24) is 0 Å². The maximum atomic E-state index is 11.5. The predicted molar refractivity (Wildman–Crippen MR) is 57.8 cm³/mol. The van der Waals surface area contributed by atoms with E-state index in [1.54, 1.807) is 18.2 Å². The number of halogens is 1. The molecule has 1 amide bonds. The molecule has 1 aromatic carbocycles. The van der Waals surface area contributed by atoms with Gasteiger partial charge in [-0.25, -0.2) is 0 Å². The van der Waals surface area contributed by atoms with Crippen LogP contribution in [0.5, 0.6) is 0 Å². The van der Waals surface area contributed by atoms with Crippen LogP contribution in [0.3, 0.4) is 0 Å². The molecule has 16 heavy (non-hydrogen) atoms. The summed E-state index contributed by atoms with van der Waals surface area (Å²) in [7, 11) is 0. The summed E-state index contributed by atoms with van der Waals surface area (Å²) in [6.45, 7) is 5.48. The molecule has 1 rings (SSSR count). The van der Waals surface area contributed by atoms with Crippen LogP contribution in [0.2, 0.25) is 5.02 Å². The summed E-state index contributed by atoms with van der Waals surface area (Å²) in [4.78, 5) is 11.5. The average molecular weight is 224 g/mol. The number of nitrogens with zero attached hydrogens (tertiary/aromatic N) is 1. The van der Waals surface area contributed by atoms with Gasteiger partial charge in [-0.05, 0) is 0 Å². The molecule has 0 heterocycles. The quantitative estimate of drug-likeness (QED) is 0.390. The van der Waals surface area contributed by atoms with Crippen LogP contribution in [0.1, 0.15) is 20.8 Å². The summed E-state index contributed by atoms with van der Waals surface area (Å²) >= 11 is 5.68. The summed E-state index contributed by atoms with van der Waals surface area (Å²) in [6.07, 6.45) is 0. The van der Waals surface area contributed by atoms with Gasteiger partial charge in [-0.1, -0.05) is 25.8 Å². The molecule has 76 valence electrons. The van der Waals surface area contributed by atoms with Crippen LogP contribution < -0.4 is 37.7 Å². The Kier molecular flexibility index (Phi) is 8.68. The normalized spacial score (nSPS) is 9.75. The molecule has 0 aliphatic carbocycles. The molecule has 0 atom stereocenters. The Morgan fingerprint density at radius 3 is 2.25 bits per heavy atom. The van der Waals surface area contributed by atoms with Crippen LogP contribution in [0.25, 0.3) is 5.32 Å². The van der Waals surface area contributed by atoms with Crippen molar-refractivity contribution in [3.05, 3.63) is 34.6 Å². The molecular weight excluding hydrogens is 211 g/mol. The van der Waals surface area contributed by atoms with Gasteiger partial charge in [0, 0.05) is 5.41 Å². The van der Waals surface area contributed by atoms with Crippen molar-refractivity contribution in [2.24, 2.45) is 5.41 Å². The van der Waals surface area contributed by atoms with Crippen LogP contribution in [-0.2, 0) is 4.79 Å². The van der Waals surface area contributed by atoms with E-state index in [-0.39, 0.29) is 43.6 Å². The van der Waals surface area contributed by atoms with E-state index in [2.05, 4.69) is 11.4 Å². The zero-order valence-electron chi connectivity index (χ0n) is 10.5. The second-order valence-electron chi connectivity index (χ2n) is 4.06. The number of carbonyl (C=O) groups excluding carboxylic acids is 1. The summed E-state index contributed by atoms with van der Waals surface area (Å²) in [5, 5.41) is 4.51. The van der Waals surface area contributed by atoms with Crippen LogP contribution in [0.4, 0.5) is 5.69 Å². The first-order valence-corrected chi connectivity index (χ1v) is 4.71. The minimum absolute atomic E-state index is 0. The van der Waals surface area contributed by atoms with Crippen molar-refractivity contribution in [3.8, 4) is 0 Å². The van der Waals surface area contributed by atoms with Gasteiger partial charge >= 0.3 is 37.7 Å². The van der Waals surface area contributed by atoms with Crippen molar-refractivity contribution in [1.29, 1.82) is 0 Å². The molecule has 0 fully saturated rings. The molecule has 0 saturated carbocycles. The van der Waals surface area contributed by atoms with Crippen LogP contribution in [0, 0.1) is 11.5 Å². The molecule has 0 unspecified atom stereocenters. The molecule has 0 aromatic heterocycles. The second-order valence-corrected chi connectivity index (χ2v) is 4.50. The molecule has 0 N–H and O–H groups in total. The zero-order valence-corrected chi connectivity index (χ0v) is 11.2. The van der Waals surface area contributed by atoms with Crippen molar-refractivity contribution in [2.45, 2.75) is 20.8 Å². The van der Waals surface area contributed by atoms with Gasteiger partial charge in [0.15, 0.2) is 0 Å². The van der Waals surface area contributed by atoms with Gasteiger partial charge in [0.2, 0.25) is 0 Å². The fourth-order valence-electron chi connectivity index (χ4n) is 0.744. The summed E-state index contributed by atoms with van der Waals surface area (Å²) in [6, 6.07) is 7.77. The average Bonchev–Trinajstić information content (AvgIpc) is 2.07. The van der Waals surface area contributed by atoms with E-state index in [0.717, 1.165) is 0 Å². The third-order valence-electron chi connectivity index (χ3n) is 1.62. The van der Waals surface area contributed by atoms with Crippen LogP contribution in [0.15, 0.2) is 18.2 Å². The van der Waals surface area contributed by atoms with Gasteiger partial charge < -0.3 is 10.1 Å². The summed E-state index contributed by atoms with van der Waals surface area (Å²) in [5.41, 5.74) is 0.0716. The molecule has 2 nitrogen and oxygen atoms in total. The SMILES string of the molecule is CC(C)(C)C(=O)[N-]c1[c-]cc(Cl)cc1.[Li+].[Li+]. The van der Waals surface area contributed by atoms with E-state index >= 15 is 0 Å². The van der Waals surface area contributed by atoms with Crippen LogP contribution >= 0.6 is 11.6 Å². The van der Waals surface area contributed by atoms with Gasteiger partial charge in [-0.3, -0.25) is 5.69 Å². The Bertz CT molecular complexity index is 333. The van der Waals surface area contributed by atoms with Gasteiger partial charge in [-0.2, -0.15) is 35.9 Å². The third kappa shape index (κ3) is 6.04. The molecule has 5 heteroatoms. The number of amides is 1. The molecule has 0 bridgehead atoms. The Morgan fingerprint density at radius 2 is 1.88 bits per heavy atom. The Hall–Kier alpha value is 0.175. The standard InChI is InChI=1S/C11H13ClNO.2Li/c1-11(2,3)10(14)13-9-6-4-8(12)5-7-9;;/h4-6H,1-3H3,(H,13,14);;/q-1;2*+1/p-1. The molecule has 0 spiro atoms. The molecule has 0 aliphatic heterocycles. The fourth-order valence-corrected chi connectivity index (χ4v) is 0.862. The maximum absolute atomic E-state index is 11.5. The van der Waals surface area contributed by atoms with E-state index < -0.39 is 5.41 Å². The van der Waals surface area contributed by atoms with E-state index in [1.165, 1.54) is 0 Å². The van der Waals surface area contributed by atoms with E-state index in [1.807, 2.05) is 20.8 Å². The minimum atomic E-state index is -0.451. The minimum Gasteiger partial charge on any atom is -0.648 e. The molecule has 1 aromatic rings. The second kappa shape index (κ2) is 7.49. The van der Waals surface area contributed by atoms with Crippen molar-refractivity contribution in [2.75, 3.05) is 0 Å². The molecule has 0 saturated heterocycles. The predicted octanol–water partition coefficient (Wildman–Crippen LogP) is -2.27. The third-order valence-corrected chi connectivity index (χ3v) is 1.86. The molecular formula is C11H12ClLi2NO. The Balaban J connectivity index is 0. The van der Waals surface area contributed by atoms with Crippen molar-refractivity contribution >= 4 is 23.2 Å². The molecule has 0 aliphatic rings. The van der Waals surface area contributed by atoms with Crippen LogP contribution in [-0.4, -0.2) is 5.91 Å². The van der Waals surface area contributed by atoms with Gasteiger partial charge in [0.1, 0.15) is 0 Å². The maximum Gasteiger partial charge on any atom is 1.00 e. The van der Waals surface area contributed by atoms with E-state index in [0.29, 0.717) is 10.7 Å². The first-order valence-electron chi connectivity index (χ1n) is 4.33. The van der Waals surface area contributed by atoms with Crippen molar-refractivity contribution < 1.29 is 42.5 Å². The molecule has 0 radical (unpaired) electrons. The number of carbonyl (C=O) groups is 1. The summed E-state index contributed by atoms with van der Waals surface area (Å²) in [5.74, 6) is -0.156. The first kappa shape index (κ1) is 18.5. The Labute approximate surface area is 126 Å². The monoisotopic (exact) mass is 223 g/mol. The number of benzene rings is 1.